The SMILES string of the molecule is CCOC(=O)c1c(NC(=O)C(=O)NN=Cc2ccccc2OC(=O)c2cccc(C)c2)sc2c1CCCCC2. The van der Waals surface area contributed by atoms with E-state index in [1.807, 2.05) is 13.0 Å². The topological polar surface area (TPSA) is 123 Å². The molecule has 9 nitrogen and oxygen atoms in total. The number of carbonyl (C=O) groups is 4. The molecule has 0 saturated carbocycles. The van der Waals surface area contributed by atoms with Crippen LogP contribution in [0.15, 0.2) is 53.6 Å². The molecule has 202 valence electrons. The summed E-state index contributed by atoms with van der Waals surface area (Å²) in [7, 11) is 0. The number of hydrazone groups is 1. The Labute approximate surface area is 230 Å². The molecule has 2 amide bonds. The van der Waals surface area contributed by atoms with Crippen LogP contribution in [0.2, 0.25) is 0 Å². The Hall–Kier alpha value is -4.31. The van der Waals surface area contributed by atoms with Gasteiger partial charge in [0.15, 0.2) is 0 Å². The van der Waals surface area contributed by atoms with Crippen LogP contribution in [0.3, 0.4) is 0 Å². The zero-order valence-corrected chi connectivity index (χ0v) is 22.6. The lowest BCUT2D eigenvalue weighted by Gasteiger charge is -2.08. The molecule has 39 heavy (non-hydrogen) atoms. The minimum Gasteiger partial charge on any atom is -0.462 e. The summed E-state index contributed by atoms with van der Waals surface area (Å²) in [5.41, 5.74) is 5.15. The Kier molecular flexibility index (Phi) is 9.22. The summed E-state index contributed by atoms with van der Waals surface area (Å²) < 4.78 is 10.7. The fraction of sp³-hybridized carbons (Fsp3) is 0.276. The average Bonchev–Trinajstić information content (AvgIpc) is 3.09. The lowest BCUT2D eigenvalue weighted by molar-refractivity contribution is -0.136. The van der Waals surface area contributed by atoms with E-state index in [4.69, 9.17) is 9.47 Å². The molecule has 1 heterocycles. The standard InChI is InChI=1S/C29H29N3O6S/c1-3-37-29(36)24-21-13-5-4-6-15-23(21)39-27(24)31-25(33)26(34)32-30-17-20-11-7-8-14-22(20)38-28(35)19-12-9-10-18(2)16-19/h7-12,14,16-17H,3-6,13,15H2,1-2H3,(H,31,33)(H,32,34). The van der Waals surface area contributed by atoms with Crippen LogP contribution in [0.5, 0.6) is 5.75 Å². The van der Waals surface area contributed by atoms with Gasteiger partial charge >= 0.3 is 23.8 Å². The number of amides is 2. The first-order chi connectivity index (χ1) is 18.9. The van der Waals surface area contributed by atoms with Crippen molar-refractivity contribution in [1.82, 2.24) is 5.43 Å². The minimum absolute atomic E-state index is 0.202. The average molecular weight is 548 g/mol. The summed E-state index contributed by atoms with van der Waals surface area (Å²) >= 11 is 1.30. The smallest absolute Gasteiger partial charge is 0.343 e. The van der Waals surface area contributed by atoms with Crippen molar-refractivity contribution in [2.24, 2.45) is 5.10 Å². The summed E-state index contributed by atoms with van der Waals surface area (Å²) in [4.78, 5) is 51.4. The van der Waals surface area contributed by atoms with Gasteiger partial charge in [-0.1, -0.05) is 36.2 Å². The molecule has 10 heteroatoms. The van der Waals surface area contributed by atoms with Gasteiger partial charge in [-0.3, -0.25) is 9.59 Å². The Morgan fingerprint density at radius 3 is 2.56 bits per heavy atom. The van der Waals surface area contributed by atoms with E-state index >= 15 is 0 Å². The fourth-order valence-corrected chi connectivity index (χ4v) is 5.50. The highest BCUT2D eigenvalue weighted by Crippen LogP contribution is 2.38. The number of aryl methyl sites for hydroxylation is 2. The van der Waals surface area contributed by atoms with Crippen molar-refractivity contribution in [1.29, 1.82) is 0 Å². The summed E-state index contributed by atoms with van der Waals surface area (Å²) in [5, 5.41) is 6.72. The third-order valence-corrected chi connectivity index (χ3v) is 7.29. The summed E-state index contributed by atoms with van der Waals surface area (Å²) in [6.07, 6.45) is 5.83. The molecule has 0 spiro atoms. The number of ether oxygens (including phenoxy) is 2. The molecule has 0 saturated heterocycles. The van der Waals surface area contributed by atoms with Gasteiger partial charge in [-0.25, -0.2) is 15.0 Å². The first-order valence-corrected chi connectivity index (χ1v) is 13.5. The van der Waals surface area contributed by atoms with E-state index in [0.717, 1.165) is 48.1 Å². The number of thiophene rings is 1. The van der Waals surface area contributed by atoms with Crippen LogP contribution in [0.1, 0.15) is 68.5 Å². The van der Waals surface area contributed by atoms with Gasteiger partial charge in [0.05, 0.1) is 23.9 Å². The molecule has 4 rings (SSSR count). The van der Waals surface area contributed by atoms with Crippen molar-refractivity contribution < 1.29 is 28.7 Å². The largest absolute Gasteiger partial charge is 0.462 e. The Balaban J connectivity index is 1.43. The van der Waals surface area contributed by atoms with Crippen molar-refractivity contribution in [2.75, 3.05) is 11.9 Å². The maximum absolute atomic E-state index is 12.7. The van der Waals surface area contributed by atoms with E-state index in [0.29, 0.717) is 21.7 Å². The highest BCUT2D eigenvalue weighted by molar-refractivity contribution is 7.17. The van der Waals surface area contributed by atoms with E-state index in [9.17, 15) is 19.2 Å². The van der Waals surface area contributed by atoms with Crippen LogP contribution >= 0.6 is 11.3 Å². The van der Waals surface area contributed by atoms with Crippen molar-refractivity contribution in [3.63, 3.8) is 0 Å². The monoisotopic (exact) mass is 547 g/mol. The van der Waals surface area contributed by atoms with Gasteiger partial charge in [-0.05, 0) is 69.4 Å². The Bertz CT molecular complexity index is 1430. The molecule has 2 N–H and O–H groups in total. The van der Waals surface area contributed by atoms with E-state index < -0.39 is 23.8 Å². The van der Waals surface area contributed by atoms with Crippen LogP contribution < -0.4 is 15.5 Å². The molecule has 1 aromatic heterocycles. The molecular weight excluding hydrogens is 518 g/mol. The van der Waals surface area contributed by atoms with Crippen LogP contribution in [0.25, 0.3) is 0 Å². The third-order valence-electron chi connectivity index (χ3n) is 6.08. The molecule has 0 atom stereocenters. The Morgan fingerprint density at radius 2 is 1.77 bits per heavy atom. The van der Waals surface area contributed by atoms with E-state index in [1.54, 1.807) is 49.4 Å². The zero-order chi connectivity index (χ0) is 27.8. The molecular formula is C29H29N3O6S. The molecule has 0 fully saturated rings. The van der Waals surface area contributed by atoms with Crippen LogP contribution in [-0.2, 0) is 27.2 Å². The first-order valence-electron chi connectivity index (χ1n) is 12.7. The van der Waals surface area contributed by atoms with Gasteiger partial charge in [-0.2, -0.15) is 5.10 Å². The second kappa shape index (κ2) is 13.0. The molecule has 1 aliphatic carbocycles. The summed E-state index contributed by atoms with van der Waals surface area (Å²) in [6, 6.07) is 13.7. The highest BCUT2D eigenvalue weighted by Gasteiger charge is 2.28. The van der Waals surface area contributed by atoms with E-state index in [-0.39, 0.29) is 12.4 Å². The predicted molar refractivity (Wildman–Crippen MR) is 148 cm³/mol. The third kappa shape index (κ3) is 6.97. The Morgan fingerprint density at radius 1 is 0.974 bits per heavy atom. The molecule has 1 aliphatic rings. The van der Waals surface area contributed by atoms with E-state index in [2.05, 4.69) is 15.8 Å². The lowest BCUT2D eigenvalue weighted by atomic mass is 10.1. The van der Waals surface area contributed by atoms with Gasteiger partial charge in [0, 0.05) is 10.4 Å². The number of fused-ring (bicyclic) bond motifs is 1. The summed E-state index contributed by atoms with van der Waals surface area (Å²) in [6.45, 7) is 3.80. The molecule has 0 unspecified atom stereocenters. The number of esters is 2. The number of para-hydroxylation sites is 1. The van der Waals surface area contributed by atoms with Gasteiger partial charge in [0.25, 0.3) is 0 Å². The van der Waals surface area contributed by atoms with Crippen molar-refractivity contribution in [3.05, 3.63) is 81.2 Å². The van der Waals surface area contributed by atoms with Gasteiger partial charge in [0.2, 0.25) is 0 Å². The quantitative estimate of drug-likeness (QED) is 0.109. The number of benzene rings is 2. The fourth-order valence-electron chi connectivity index (χ4n) is 4.23. The molecule has 0 bridgehead atoms. The number of hydrogen-bond acceptors (Lipinski definition) is 8. The van der Waals surface area contributed by atoms with Crippen LogP contribution in [0, 0.1) is 6.92 Å². The minimum atomic E-state index is -1.01. The van der Waals surface area contributed by atoms with Gasteiger partial charge < -0.3 is 14.8 Å². The van der Waals surface area contributed by atoms with E-state index in [1.165, 1.54) is 17.6 Å². The molecule has 0 radical (unpaired) electrons. The van der Waals surface area contributed by atoms with Crippen LogP contribution in [0.4, 0.5) is 5.00 Å². The van der Waals surface area contributed by atoms with Crippen molar-refractivity contribution in [2.45, 2.75) is 46.0 Å². The van der Waals surface area contributed by atoms with Gasteiger partial charge in [-0.15, -0.1) is 11.3 Å². The second-order valence-electron chi connectivity index (χ2n) is 8.94. The maximum atomic E-state index is 12.7. The summed E-state index contributed by atoms with van der Waals surface area (Å²) in [5.74, 6) is -2.78. The normalized spacial score (nSPS) is 12.8. The number of hydrogen-bond donors (Lipinski definition) is 2. The van der Waals surface area contributed by atoms with Crippen LogP contribution in [-0.4, -0.2) is 36.6 Å². The van der Waals surface area contributed by atoms with Gasteiger partial charge in [0.1, 0.15) is 10.8 Å². The number of carbonyl (C=O) groups excluding carboxylic acids is 4. The highest BCUT2D eigenvalue weighted by atomic mass is 32.1. The lowest BCUT2D eigenvalue weighted by Crippen LogP contribution is -2.32. The number of nitrogens with zero attached hydrogens (tertiary/aromatic N) is 1. The first kappa shape index (κ1) is 27.7. The number of nitrogens with one attached hydrogen (secondary N) is 2. The second-order valence-corrected chi connectivity index (χ2v) is 10.0. The maximum Gasteiger partial charge on any atom is 0.343 e. The number of anilines is 1. The molecule has 0 aliphatic heterocycles. The number of rotatable bonds is 7. The van der Waals surface area contributed by atoms with Crippen molar-refractivity contribution >= 4 is 46.3 Å². The predicted octanol–water partition coefficient (Wildman–Crippen LogP) is 4.81. The van der Waals surface area contributed by atoms with Crippen molar-refractivity contribution in [3.8, 4) is 5.75 Å². The molecule has 3 aromatic rings. The zero-order valence-electron chi connectivity index (χ0n) is 21.7. The molecule has 2 aromatic carbocycles.